The number of amides is 1. The Labute approximate surface area is 168 Å². The van der Waals surface area contributed by atoms with Crippen LogP contribution in [0, 0.1) is 0 Å². The van der Waals surface area contributed by atoms with Gasteiger partial charge < -0.3 is 19.4 Å². The summed E-state index contributed by atoms with van der Waals surface area (Å²) >= 11 is 1.40. The van der Waals surface area contributed by atoms with E-state index in [1.165, 1.54) is 11.8 Å². The highest BCUT2D eigenvalue weighted by molar-refractivity contribution is 7.99. The minimum absolute atomic E-state index is 0.101. The van der Waals surface area contributed by atoms with Gasteiger partial charge in [-0.3, -0.25) is 4.79 Å². The summed E-state index contributed by atoms with van der Waals surface area (Å²) in [6.07, 6.45) is 3.66. The average Bonchev–Trinajstić information content (AvgIpc) is 3.15. The van der Waals surface area contributed by atoms with Crippen LogP contribution in [0.3, 0.4) is 0 Å². The van der Waals surface area contributed by atoms with Crippen molar-refractivity contribution in [1.29, 1.82) is 0 Å². The zero-order chi connectivity index (χ0) is 19.8. The highest BCUT2D eigenvalue weighted by Gasteiger charge is 2.11. The molecule has 0 radical (unpaired) electrons. The predicted molar refractivity (Wildman–Crippen MR) is 111 cm³/mol. The van der Waals surface area contributed by atoms with Crippen molar-refractivity contribution < 1.29 is 14.3 Å². The van der Waals surface area contributed by atoms with Crippen molar-refractivity contribution in [2.24, 2.45) is 0 Å². The Morgan fingerprint density at radius 1 is 1.18 bits per heavy atom. The molecule has 3 rings (SSSR count). The monoisotopic (exact) mass is 397 g/mol. The van der Waals surface area contributed by atoms with Crippen molar-refractivity contribution >= 4 is 23.4 Å². The maximum absolute atomic E-state index is 12.4. The van der Waals surface area contributed by atoms with Gasteiger partial charge in [-0.2, -0.15) is 0 Å². The second-order valence-corrected chi connectivity index (χ2v) is 6.89. The third-order valence-electron chi connectivity index (χ3n) is 3.98. The van der Waals surface area contributed by atoms with Crippen LogP contribution in [0.1, 0.15) is 12.5 Å². The number of nitrogens with zero attached hydrogens (tertiary/aromatic N) is 2. The molecule has 0 bridgehead atoms. The molecule has 1 aromatic heterocycles. The van der Waals surface area contributed by atoms with Gasteiger partial charge in [-0.25, -0.2) is 4.98 Å². The molecule has 0 aliphatic carbocycles. The van der Waals surface area contributed by atoms with Crippen molar-refractivity contribution in [2.75, 3.05) is 24.8 Å². The van der Waals surface area contributed by atoms with Crippen molar-refractivity contribution in [3.8, 4) is 11.5 Å². The molecule has 7 heteroatoms. The fourth-order valence-corrected chi connectivity index (χ4v) is 3.41. The molecule has 0 unspecified atom stereocenters. The summed E-state index contributed by atoms with van der Waals surface area (Å²) in [6.45, 7) is 3.14. The number of benzene rings is 2. The fourth-order valence-electron chi connectivity index (χ4n) is 2.65. The van der Waals surface area contributed by atoms with E-state index < -0.39 is 0 Å². The summed E-state index contributed by atoms with van der Waals surface area (Å²) in [5.74, 6) is 1.66. The second kappa shape index (κ2) is 9.85. The molecule has 1 amide bonds. The highest BCUT2D eigenvalue weighted by atomic mass is 32.2. The van der Waals surface area contributed by atoms with Crippen LogP contribution in [0.2, 0.25) is 0 Å². The van der Waals surface area contributed by atoms with Gasteiger partial charge in [0, 0.05) is 18.9 Å². The first kappa shape index (κ1) is 19.8. The lowest BCUT2D eigenvalue weighted by Gasteiger charge is -2.11. The van der Waals surface area contributed by atoms with E-state index in [9.17, 15) is 4.79 Å². The first-order chi connectivity index (χ1) is 13.7. The Kier molecular flexibility index (Phi) is 6.97. The molecule has 0 saturated carbocycles. The number of ether oxygens (including phenoxy) is 2. The number of hydrogen-bond acceptors (Lipinski definition) is 5. The van der Waals surface area contributed by atoms with E-state index >= 15 is 0 Å². The molecule has 0 aliphatic rings. The number of nitrogens with one attached hydrogen (secondary N) is 1. The minimum atomic E-state index is -0.101. The number of aromatic nitrogens is 2. The van der Waals surface area contributed by atoms with Gasteiger partial charge in [0.1, 0.15) is 11.5 Å². The van der Waals surface area contributed by atoms with Crippen LogP contribution >= 0.6 is 11.8 Å². The largest absolute Gasteiger partial charge is 0.497 e. The van der Waals surface area contributed by atoms with Crippen molar-refractivity contribution in [2.45, 2.75) is 18.6 Å². The summed E-state index contributed by atoms with van der Waals surface area (Å²) < 4.78 is 12.8. The highest BCUT2D eigenvalue weighted by Crippen LogP contribution is 2.24. The maximum atomic E-state index is 12.4. The molecule has 0 fully saturated rings. The molecule has 146 valence electrons. The Hall–Kier alpha value is -2.93. The van der Waals surface area contributed by atoms with E-state index in [2.05, 4.69) is 10.3 Å². The second-order valence-electron chi connectivity index (χ2n) is 5.95. The number of rotatable bonds is 9. The number of anilines is 1. The van der Waals surface area contributed by atoms with Gasteiger partial charge in [-0.05, 0) is 36.8 Å². The van der Waals surface area contributed by atoms with Gasteiger partial charge in [0.25, 0.3) is 0 Å². The van der Waals surface area contributed by atoms with Gasteiger partial charge in [0.15, 0.2) is 5.16 Å². The van der Waals surface area contributed by atoms with E-state index in [4.69, 9.17) is 9.47 Å². The minimum Gasteiger partial charge on any atom is -0.497 e. The van der Waals surface area contributed by atoms with E-state index in [0.29, 0.717) is 24.6 Å². The number of carbonyl (C=O) groups is 1. The Balaban J connectivity index is 1.58. The smallest absolute Gasteiger partial charge is 0.234 e. The zero-order valence-corrected chi connectivity index (χ0v) is 16.7. The van der Waals surface area contributed by atoms with Gasteiger partial charge in [0.2, 0.25) is 5.91 Å². The molecule has 2 aromatic carbocycles. The van der Waals surface area contributed by atoms with Gasteiger partial charge in [-0.1, -0.05) is 36.0 Å². The van der Waals surface area contributed by atoms with Crippen LogP contribution in [-0.4, -0.2) is 34.9 Å². The van der Waals surface area contributed by atoms with Gasteiger partial charge in [0.05, 0.1) is 25.2 Å². The normalized spacial score (nSPS) is 10.5. The van der Waals surface area contributed by atoms with Crippen LogP contribution in [0.5, 0.6) is 11.5 Å². The van der Waals surface area contributed by atoms with E-state index in [1.807, 2.05) is 66.2 Å². The SMILES string of the molecule is CCOc1ccccc1NC(=O)CSc1nccn1Cc1ccc(OC)cc1. The summed E-state index contributed by atoms with van der Waals surface area (Å²) in [4.78, 5) is 16.7. The molecule has 0 spiro atoms. The van der Waals surface area contributed by atoms with Crippen LogP contribution in [-0.2, 0) is 11.3 Å². The summed E-state index contributed by atoms with van der Waals surface area (Å²) in [5.41, 5.74) is 1.81. The lowest BCUT2D eigenvalue weighted by molar-refractivity contribution is -0.113. The average molecular weight is 398 g/mol. The van der Waals surface area contributed by atoms with Crippen molar-refractivity contribution in [1.82, 2.24) is 9.55 Å². The Morgan fingerprint density at radius 2 is 1.96 bits per heavy atom. The number of imidazole rings is 1. The lowest BCUT2D eigenvalue weighted by atomic mass is 10.2. The van der Waals surface area contributed by atoms with Gasteiger partial charge in [-0.15, -0.1) is 0 Å². The number of para-hydroxylation sites is 2. The van der Waals surface area contributed by atoms with Crippen LogP contribution in [0.25, 0.3) is 0 Å². The molecule has 0 saturated heterocycles. The van der Waals surface area contributed by atoms with Crippen molar-refractivity contribution in [3.05, 3.63) is 66.5 Å². The quantitative estimate of drug-likeness (QED) is 0.552. The van der Waals surface area contributed by atoms with E-state index in [0.717, 1.165) is 16.5 Å². The molecule has 6 nitrogen and oxygen atoms in total. The molecule has 3 aromatic rings. The number of hydrogen-bond donors (Lipinski definition) is 1. The first-order valence-electron chi connectivity index (χ1n) is 8.98. The van der Waals surface area contributed by atoms with Crippen LogP contribution in [0.15, 0.2) is 66.1 Å². The number of methoxy groups -OCH3 is 1. The Bertz CT molecular complexity index is 909. The van der Waals surface area contributed by atoms with Crippen molar-refractivity contribution in [3.63, 3.8) is 0 Å². The van der Waals surface area contributed by atoms with Crippen LogP contribution < -0.4 is 14.8 Å². The predicted octanol–water partition coefficient (Wildman–Crippen LogP) is 4.07. The zero-order valence-electron chi connectivity index (χ0n) is 15.9. The first-order valence-corrected chi connectivity index (χ1v) is 9.96. The Morgan fingerprint density at radius 3 is 2.71 bits per heavy atom. The summed E-state index contributed by atoms with van der Waals surface area (Å²) in [5, 5.41) is 3.70. The summed E-state index contributed by atoms with van der Waals surface area (Å²) in [7, 11) is 1.65. The third-order valence-corrected chi connectivity index (χ3v) is 4.99. The molecular weight excluding hydrogens is 374 g/mol. The van der Waals surface area contributed by atoms with E-state index in [1.54, 1.807) is 13.3 Å². The molecule has 0 atom stereocenters. The molecule has 1 heterocycles. The number of thioether (sulfide) groups is 1. The third kappa shape index (κ3) is 5.29. The van der Waals surface area contributed by atoms with Gasteiger partial charge >= 0.3 is 0 Å². The summed E-state index contributed by atoms with van der Waals surface area (Å²) in [6, 6.07) is 15.3. The lowest BCUT2D eigenvalue weighted by Crippen LogP contribution is -2.15. The topological polar surface area (TPSA) is 65.4 Å². The standard InChI is InChI=1S/C21H23N3O3S/c1-3-27-19-7-5-4-6-18(19)23-20(25)15-28-21-22-12-13-24(21)14-16-8-10-17(26-2)11-9-16/h4-13H,3,14-15H2,1-2H3,(H,23,25). The molecule has 1 N–H and O–H groups in total. The molecule has 28 heavy (non-hydrogen) atoms. The van der Waals surface area contributed by atoms with E-state index in [-0.39, 0.29) is 11.7 Å². The molecule has 0 aliphatic heterocycles. The number of carbonyl (C=O) groups excluding carboxylic acids is 1. The van der Waals surface area contributed by atoms with Crippen LogP contribution in [0.4, 0.5) is 5.69 Å². The maximum Gasteiger partial charge on any atom is 0.234 e. The molecular formula is C21H23N3O3S. The fraction of sp³-hybridized carbons (Fsp3) is 0.238.